The summed E-state index contributed by atoms with van der Waals surface area (Å²) in [6, 6.07) is 3.68. The van der Waals surface area contributed by atoms with Crippen molar-refractivity contribution in [2.75, 3.05) is 25.4 Å². The molecule has 7 heteroatoms. The largest absolute Gasteiger partial charge is 0.376 e. The van der Waals surface area contributed by atoms with Crippen molar-refractivity contribution >= 4 is 29.4 Å². The van der Waals surface area contributed by atoms with E-state index in [9.17, 15) is 4.79 Å². The average Bonchev–Trinajstić information content (AvgIpc) is 2.98. The minimum absolute atomic E-state index is 0.127. The summed E-state index contributed by atoms with van der Waals surface area (Å²) in [6.07, 6.45) is 4.00. The van der Waals surface area contributed by atoms with Gasteiger partial charge < -0.3 is 15.4 Å². The quantitative estimate of drug-likeness (QED) is 0.596. The smallest absolute Gasteiger partial charge is 0.314 e. The Kier molecular flexibility index (Phi) is 7.12. The molecular formula is C14H20ClN3O2S. The van der Waals surface area contributed by atoms with Gasteiger partial charge >= 0.3 is 6.03 Å². The second-order valence-electron chi connectivity index (χ2n) is 4.81. The lowest BCUT2D eigenvalue weighted by molar-refractivity contribution is 0.111. The van der Waals surface area contributed by atoms with Gasteiger partial charge in [0.1, 0.15) is 5.15 Å². The number of ether oxygens (including phenoxy) is 1. The van der Waals surface area contributed by atoms with Crippen LogP contribution in [0.15, 0.2) is 18.3 Å². The van der Waals surface area contributed by atoms with Crippen LogP contribution in [0.1, 0.15) is 18.4 Å². The molecule has 0 radical (unpaired) electrons. The zero-order chi connectivity index (χ0) is 14.9. The minimum atomic E-state index is -0.127. The van der Waals surface area contributed by atoms with Crippen molar-refractivity contribution in [3.63, 3.8) is 0 Å². The maximum absolute atomic E-state index is 11.6. The Morgan fingerprint density at radius 3 is 3.19 bits per heavy atom. The first kappa shape index (κ1) is 16.4. The number of thioether (sulfide) groups is 1. The number of amides is 2. The summed E-state index contributed by atoms with van der Waals surface area (Å²) < 4.78 is 5.44. The molecule has 2 rings (SSSR count). The molecule has 116 valence electrons. The maximum Gasteiger partial charge on any atom is 0.314 e. The Labute approximate surface area is 134 Å². The third-order valence-corrected chi connectivity index (χ3v) is 4.34. The van der Waals surface area contributed by atoms with E-state index in [2.05, 4.69) is 15.6 Å². The van der Waals surface area contributed by atoms with Crippen molar-refractivity contribution in [3.05, 3.63) is 29.0 Å². The zero-order valence-corrected chi connectivity index (χ0v) is 13.4. The Hall–Kier alpha value is -0.980. The van der Waals surface area contributed by atoms with Crippen molar-refractivity contribution in [1.29, 1.82) is 0 Å². The van der Waals surface area contributed by atoms with Crippen molar-refractivity contribution in [2.24, 2.45) is 0 Å². The molecule has 21 heavy (non-hydrogen) atoms. The lowest BCUT2D eigenvalue weighted by atomic mass is 10.2. The van der Waals surface area contributed by atoms with Gasteiger partial charge in [0.2, 0.25) is 0 Å². The molecule has 1 saturated heterocycles. The average molecular weight is 330 g/mol. The summed E-state index contributed by atoms with van der Waals surface area (Å²) in [5, 5.41) is 6.18. The summed E-state index contributed by atoms with van der Waals surface area (Å²) in [5.41, 5.74) is 1.14. The fraction of sp³-hybridized carbons (Fsp3) is 0.571. The number of hydrogen-bond donors (Lipinski definition) is 2. The zero-order valence-electron chi connectivity index (χ0n) is 11.8. The molecule has 2 heterocycles. The van der Waals surface area contributed by atoms with E-state index in [4.69, 9.17) is 16.3 Å². The van der Waals surface area contributed by atoms with Crippen molar-refractivity contribution in [3.8, 4) is 0 Å². The Morgan fingerprint density at radius 2 is 2.43 bits per heavy atom. The molecule has 2 N–H and O–H groups in total. The van der Waals surface area contributed by atoms with Crippen LogP contribution in [0, 0.1) is 0 Å². The predicted molar refractivity (Wildman–Crippen MR) is 85.8 cm³/mol. The highest BCUT2D eigenvalue weighted by Crippen LogP contribution is 2.14. The second-order valence-corrected chi connectivity index (χ2v) is 6.30. The molecule has 1 aromatic rings. The van der Waals surface area contributed by atoms with Gasteiger partial charge in [-0.05, 0) is 30.5 Å². The number of pyridine rings is 1. The Bertz CT molecular complexity index is 456. The third kappa shape index (κ3) is 6.54. The first-order chi connectivity index (χ1) is 10.2. The number of nitrogens with zero attached hydrogens (tertiary/aromatic N) is 1. The van der Waals surface area contributed by atoms with E-state index in [1.54, 1.807) is 18.0 Å². The van der Waals surface area contributed by atoms with E-state index in [0.717, 1.165) is 36.5 Å². The van der Waals surface area contributed by atoms with E-state index >= 15 is 0 Å². The van der Waals surface area contributed by atoms with E-state index in [1.165, 1.54) is 0 Å². The van der Waals surface area contributed by atoms with E-state index in [-0.39, 0.29) is 12.1 Å². The molecule has 1 unspecified atom stereocenters. The Balaban J connectivity index is 1.50. The van der Waals surface area contributed by atoms with Crippen molar-refractivity contribution in [1.82, 2.24) is 15.6 Å². The number of carbonyl (C=O) groups is 1. The minimum Gasteiger partial charge on any atom is -0.376 e. The monoisotopic (exact) mass is 329 g/mol. The van der Waals surface area contributed by atoms with Crippen molar-refractivity contribution < 1.29 is 9.53 Å². The van der Waals surface area contributed by atoms with Gasteiger partial charge in [-0.1, -0.05) is 11.6 Å². The molecule has 1 aliphatic rings. The fourth-order valence-corrected chi connectivity index (χ4v) is 3.04. The number of halogens is 1. The normalized spacial score (nSPS) is 17.7. The van der Waals surface area contributed by atoms with Crippen LogP contribution < -0.4 is 10.6 Å². The number of rotatable bonds is 7. The molecule has 0 aromatic carbocycles. The summed E-state index contributed by atoms with van der Waals surface area (Å²) in [4.78, 5) is 15.5. The van der Waals surface area contributed by atoms with Crippen LogP contribution in [0.3, 0.4) is 0 Å². The predicted octanol–water partition coefficient (Wildman–Crippen LogP) is 2.45. The van der Waals surface area contributed by atoms with Crippen LogP contribution in [0.5, 0.6) is 0 Å². The third-order valence-electron chi connectivity index (χ3n) is 3.11. The van der Waals surface area contributed by atoms with Gasteiger partial charge in [-0.3, -0.25) is 0 Å². The van der Waals surface area contributed by atoms with E-state index in [0.29, 0.717) is 18.2 Å². The molecule has 0 bridgehead atoms. The van der Waals surface area contributed by atoms with Gasteiger partial charge in [0.05, 0.1) is 6.10 Å². The number of urea groups is 1. The van der Waals surface area contributed by atoms with Gasteiger partial charge in [-0.15, -0.1) is 0 Å². The van der Waals surface area contributed by atoms with E-state index in [1.807, 2.05) is 12.1 Å². The summed E-state index contributed by atoms with van der Waals surface area (Å²) in [7, 11) is 0. The Morgan fingerprint density at radius 1 is 1.52 bits per heavy atom. The summed E-state index contributed by atoms with van der Waals surface area (Å²) in [5.74, 6) is 1.72. The van der Waals surface area contributed by atoms with Gasteiger partial charge in [0.25, 0.3) is 0 Å². The molecule has 1 fully saturated rings. The van der Waals surface area contributed by atoms with Crippen LogP contribution in [-0.2, 0) is 10.5 Å². The number of aromatic nitrogens is 1. The molecule has 5 nitrogen and oxygen atoms in total. The molecular weight excluding hydrogens is 310 g/mol. The molecule has 1 aromatic heterocycles. The molecule has 1 atom stereocenters. The number of nitrogens with one attached hydrogen (secondary N) is 2. The van der Waals surface area contributed by atoms with Crippen LogP contribution >= 0.6 is 23.4 Å². The molecule has 0 saturated carbocycles. The van der Waals surface area contributed by atoms with Gasteiger partial charge in [0.15, 0.2) is 0 Å². The van der Waals surface area contributed by atoms with Gasteiger partial charge in [-0.25, -0.2) is 9.78 Å². The van der Waals surface area contributed by atoms with Gasteiger partial charge in [-0.2, -0.15) is 11.8 Å². The van der Waals surface area contributed by atoms with Crippen LogP contribution in [0.25, 0.3) is 0 Å². The SMILES string of the molecule is O=C(NCCSCc1ccnc(Cl)c1)NCC1CCCO1. The molecule has 1 aliphatic heterocycles. The lowest BCUT2D eigenvalue weighted by Crippen LogP contribution is -2.40. The first-order valence-electron chi connectivity index (χ1n) is 7.05. The highest BCUT2D eigenvalue weighted by atomic mass is 35.5. The van der Waals surface area contributed by atoms with E-state index < -0.39 is 0 Å². The fourth-order valence-electron chi connectivity index (χ4n) is 2.03. The topological polar surface area (TPSA) is 63.2 Å². The first-order valence-corrected chi connectivity index (χ1v) is 8.59. The number of carbonyl (C=O) groups excluding carboxylic acids is 1. The highest BCUT2D eigenvalue weighted by Gasteiger charge is 2.15. The molecule has 0 spiro atoms. The van der Waals surface area contributed by atoms with Crippen LogP contribution in [0.4, 0.5) is 4.79 Å². The van der Waals surface area contributed by atoms with Gasteiger partial charge in [0, 0.05) is 37.4 Å². The molecule has 0 aliphatic carbocycles. The summed E-state index contributed by atoms with van der Waals surface area (Å²) >= 11 is 7.57. The van der Waals surface area contributed by atoms with Crippen LogP contribution in [0.2, 0.25) is 5.15 Å². The van der Waals surface area contributed by atoms with Crippen LogP contribution in [-0.4, -0.2) is 42.6 Å². The maximum atomic E-state index is 11.6. The second kappa shape index (κ2) is 9.12. The lowest BCUT2D eigenvalue weighted by Gasteiger charge is -2.11. The molecule has 2 amide bonds. The standard InChI is InChI=1S/C14H20ClN3O2S/c15-13-8-11(3-4-16-13)10-21-7-5-17-14(19)18-9-12-2-1-6-20-12/h3-4,8,12H,1-2,5-7,9-10H2,(H2,17,18,19). The number of hydrogen-bond acceptors (Lipinski definition) is 4. The highest BCUT2D eigenvalue weighted by molar-refractivity contribution is 7.98. The summed E-state index contributed by atoms with van der Waals surface area (Å²) in [6.45, 7) is 2.04. The van der Waals surface area contributed by atoms with Crippen molar-refractivity contribution in [2.45, 2.75) is 24.7 Å².